The van der Waals surface area contributed by atoms with E-state index >= 15 is 0 Å². The third-order valence-corrected chi connectivity index (χ3v) is 4.36. The molecular weight excluding hydrogens is 186 g/mol. The van der Waals surface area contributed by atoms with Crippen LogP contribution in [0.3, 0.4) is 0 Å². The van der Waals surface area contributed by atoms with Crippen LogP contribution in [0.4, 0.5) is 0 Å². The minimum absolute atomic E-state index is 0.354. The number of aromatic hydroxyl groups is 1. The van der Waals surface area contributed by atoms with Crippen molar-refractivity contribution < 1.29 is 5.11 Å². The molecule has 1 heterocycles. The fourth-order valence-electron chi connectivity index (χ4n) is 3.28. The van der Waals surface area contributed by atoms with Crippen molar-refractivity contribution in [3.8, 4) is 5.75 Å². The summed E-state index contributed by atoms with van der Waals surface area (Å²) < 4.78 is 0. The zero-order valence-electron chi connectivity index (χ0n) is 9.27. The summed E-state index contributed by atoms with van der Waals surface area (Å²) in [7, 11) is 2.20. The van der Waals surface area contributed by atoms with E-state index in [4.69, 9.17) is 0 Å². The number of fused-ring (bicyclic) bond motifs is 1. The van der Waals surface area contributed by atoms with Crippen molar-refractivity contribution in [2.75, 3.05) is 13.6 Å². The number of benzene rings is 1. The molecule has 0 amide bonds. The average Bonchev–Trinajstić information content (AvgIpc) is 2.87. The standard InChI is InChI=1S/C13H17NO/c1-9-12-7-13(12,8-14(9)2)10-4-3-5-11(15)6-10/h3-6,9,12,15H,7-8H2,1-2H3. The molecule has 0 radical (unpaired) electrons. The Morgan fingerprint density at radius 1 is 1.47 bits per heavy atom. The molecule has 1 saturated heterocycles. The van der Waals surface area contributed by atoms with Gasteiger partial charge < -0.3 is 10.0 Å². The van der Waals surface area contributed by atoms with Gasteiger partial charge in [-0.1, -0.05) is 12.1 Å². The van der Waals surface area contributed by atoms with Gasteiger partial charge in [-0.05, 0) is 44.0 Å². The molecule has 0 aromatic heterocycles. The van der Waals surface area contributed by atoms with Gasteiger partial charge in [0.15, 0.2) is 0 Å². The van der Waals surface area contributed by atoms with Crippen molar-refractivity contribution in [1.82, 2.24) is 4.90 Å². The van der Waals surface area contributed by atoms with E-state index in [0.29, 0.717) is 17.2 Å². The van der Waals surface area contributed by atoms with E-state index < -0.39 is 0 Å². The maximum atomic E-state index is 9.52. The molecule has 80 valence electrons. The molecular formula is C13H17NO. The summed E-state index contributed by atoms with van der Waals surface area (Å²) in [6.07, 6.45) is 1.29. The van der Waals surface area contributed by atoms with Crippen LogP contribution in [-0.4, -0.2) is 29.6 Å². The van der Waals surface area contributed by atoms with Crippen LogP contribution in [0.15, 0.2) is 24.3 Å². The van der Waals surface area contributed by atoms with Gasteiger partial charge in [0.25, 0.3) is 0 Å². The van der Waals surface area contributed by atoms with Crippen LogP contribution in [0.25, 0.3) is 0 Å². The first-order valence-electron chi connectivity index (χ1n) is 5.63. The van der Waals surface area contributed by atoms with E-state index in [1.165, 1.54) is 12.0 Å². The van der Waals surface area contributed by atoms with Crippen molar-refractivity contribution in [3.63, 3.8) is 0 Å². The Balaban J connectivity index is 1.97. The third kappa shape index (κ3) is 1.14. The minimum Gasteiger partial charge on any atom is -0.508 e. The summed E-state index contributed by atoms with van der Waals surface area (Å²) in [6, 6.07) is 8.49. The second-order valence-corrected chi connectivity index (χ2v) is 5.17. The molecule has 3 rings (SSSR count). The van der Waals surface area contributed by atoms with E-state index in [1.54, 1.807) is 6.07 Å². The van der Waals surface area contributed by atoms with Crippen molar-refractivity contribution in [3.05, 3.63) is 29.8 Å². The lowest BCUT2D eigenvalue weighted by Gasteiger charge is -2.19. The Bertz CT molecular complexity index is 403. The Kier molecular flexibility index (Phi) is 1.70. The summed E-state index contributed by atoms with van der Waals surface area (Å²) in [6.45, 7) is 3.45. The summed E-state index contributed by atoms with van der Waals surface area (Å²) in [5, 5.41) is 9.52. The fraction of sp³-hybridized carbons (Fsp3) is 0.538. The molecule has 1 aromatic rings. The van der Waals surface area contributed by atoms with Crippen molar-refractivity contribution in [2.24, 2.45) is 5.92 Å². The van der Waals surface area contributed by atoms with Gasteiger partial charge in [-0.3, -0.25) is 0 Å². The van der Waals surface area contributed by atoms with Crippen LogP contribution in [0, 0.1) is 5.92 Å². The number of rotatable bonds is 1. The zero-order chi connectivity index (χ0) is 10.6. The molecule has 2 heteroatoms. The summed E-state index contributed by atoms with van der Waals surface area (Å²) >= 11 is 0. The quantitative estimate of drug-likeness (QED) is 0.754. The number of hydrogen-bond donors (Lipinski definition) is 1. The van der Waals surface area contributed by atoms with Gasteiger partial charge in [-0.2, -0.15) is 0 Å². The number of hydrogen-bond acceptors (Lipinski definition) is 2. The maximum absolute atomic E-state index is 9.52. The Morgan fingerprint density at radius 2 is 2.27 bits per heavy atom. The molecule has 1 aliphatic heterocycles. The van der Waals surface area contributed by atoms with Gasteiger partial charge >= 0.3 is 0 Å². The third-order valence-electron chi connectivity index (χ3n) is 4.36. The Hall–Kier alpha value is -1.02. The number of likely N-dealkylation sites (tertiary alicyclic amines) is 1. The molecule has 1 saturated carbocycles. The van der Waals surface area contributed by atoms with Crippen molar-refractivity contribution >= 4 is 0 Å². The monoisotopic (exact) mass is 203 g/mol. The lowest BCUT2D eigenvalue weighted by molar-refractivity contribution is 0.284. The zero-order valence-corrected chi connectivity index (χ0v) is 9.27. The molecule has 3 atom stereocenters. The molecule has 1 aliphatic carbocycles. The Morgan fingerprint density at radius 3 is 2.87 bits per heavy atom. The molecule has 0 spiro atoms. The SMILES string of the molecule is CC1C2CC2(c2cccc(O)c2)CN1C. The minimum atomic E-state index is 0.354. The van der Waals surface area contributed by atoms with Gasteiger partial charge in [-0.15, -0.1) is 0 Å². The van der Waals surface area contributed by atoms with E-state index in [9.17, 15) is 5.11 Å². The van der Waals surface area contributed by atoms with Crippen molar-refractivity contribution in [2.45, 2.75) is 24.8 Å². The highest BCUT2D eigenvalue weighted by Crippen LogP contribution is 2.61. The van der Waals surface area contributed by atoms with E-state index in [1.807, 2.05) is 12.1 Å². The lowest BCUT2D eigenvalue weighted by Crippen LogP contribution is -2.27. The van der Waals surface area contributed by atoms with E-state index in [-0.39, 0.29) is 0 Å². The van der Waals surface area contributed by atoms with Gasteiger partial charge in [-0.25, -0.2) is 0 Å². The van der Waals surface area contributed by atoms with Crippen LogP contribution < -0.4 is 0 Å². The smallest absolute Gasteiger partial charge is 0.115 e. The molecule has 3 unspecified atom stereocenters. The van der Waals surface area contributed by atoms with Crippen LogP contribution in [0.2, 0.25) is 0 Å². The summed E-state index contributed by atoms with van der Waals surface area (Å²) in [5.41, 5.74) is 1.68. The summed E-state index contributed by atoms with van der Waals surface area (Å²) in [4.78, 5) is 2.43. The first-order chi connectivity index (χ1) is 7.13. The van der Waals surface area contributed by atoms with Crippen LogP contribution in [-0.2, 0) is 5.41 Å². The normalized spacial score (nSPS) is 39.1. The van der Waals surface area contributed by atoms with Crippen molar-refractivity contribution in [1.29, 1.82) is 0 Å². The van der Waals surface area contributed by atoms with Crippen LogP contribution >= 0.6 is 0 Å². The predicted molar refractivity (Wildman–Crippen MR) is 60.0 cm³/mol. The molecule has 2 nitrogen and oxygen atoms in total. The molecule has 15 heavy (non-hydrogen) atoms. The topological polar surface area (TPSA) is 23.5 Å². The average molecular weight is 203 g/mol. The molecule has 2 aliphatic rings. The fourth-order valence-corrected chi connectivity index (χ4v) is 3.28. The Labute approximate surface area is 90.5 Å². The highest BCUT2D eigenvalue weighted by atomic mass is 16.3. The number of phenolic OH excluding ortho intramolecular Hbond substituents is 1. The lowest BCUT2D eigenvalue weighted by atomic mass is 9.94. The highest BCUT2D eigenvalue weighted by Gasteiger charge is 2.63. The predicted octanol–water partition coefficient (Wildman–Crippen LogP) is 1.98. The molecule has 0 bridgehead atoms. The number of phenols is 1. The van der Waals surface area contributed by atoms with E-state index in [0.717, 1.165) is 12.5 Å². The van der Waals surface area contributed by atoms with Gasteiger partial charge in [0.1, 0.15) is 5.75 Å². The number of piperidine rings is 1. The number of nitrogens with zero attached hydrogens (tertiary/aromatic N) is 1. The molecule has 1 N–H and O–H groups in total. The first-order valence-corrected chi connectivity index (χ1v) is 5.63. The maximum Gasteiger partial charge on any atom is 0.115 e. The van der Waals surface area contributed by atoms with Gasteiger partial charge in [0.05, 0.1) is 0 Å². The largest absolute Gasteiger partial charge is 0.508 e. The second kappa shape index (κ2) is 2.76. The molecule has 1 aromatic carbocycles. The summed E-state index contributed by atoms with van der Waals surface area (Å²) in [5.74, 6) is 1.19. The first kappa shape index (κ1) is 9.22. The second-order valence-electron chi connectivity index (χ2n) is 5.17. The van der Waals surface area contributed by atoms with Gasteiger partial charge in [0.2, 0.25) is 0 Å². The highest BCUT2D eigenvalue weighted by molar-refractivity contribution is 5.41. The number of likely N-dealkylation sites (N-methyl/N-ethyl adjacent to an activating group) is 1. The van der Waals surface area contributed by atoms with Crippen LogP contribution in [0.1, 0.15) is 18.9 Å². The molecule has 2 fully saturated rings. The van der Waals surface area contributed by atoms with Gasteiger partial charge in [0, 0.05) is 18.0 Å². The van der Waals surface area contributed by atoms with E-state index in [2.05, 4.69) is 24.9 Å². The van der Waals surface area contributed by atoms with Crippen LogP contribution in [0.5, 0.6) is 5.75 Å².